The van der Waals surface area contributed by atoms with Crippen LogP contribution in [0.1, 0.15) is 17.4 Å². The Bertz CT molecular complexity index is 499. The van der Waals surface area contributed by atoms with Crippen molar-refractivity contribution in [2.45, 2.75) is 19.9 Å². The van der Waals surface area contributed by atoms with Crippen LogP contribution in [0.2, 0.25) is 5.02 Å². The zero-order valence-electron chi connectivity index (χ0n) is 11.0. The van der Waals surface area contributed by atoms with Crippen molar-refractivity contribution in [1.82, 2.24) is 5.32 Å². The van der Waals surface area contributed by atoms with Gasteiger partial charge in [-0.3, -0.25) is 0 Å². The number of benzene rings is 1. The zero-order chi connectivity index (χ0) is 13.5. The number of halogens is 1. The van der Waals surface area contributed by atoms with Crippen molar-refractivity contribution in [3.63, 3.8) is 0 Å². The van der Waals surface area contributed by atoms with E-state index in [1.807, 2.05) is 12.1 Å². The summed E-state index contributed by atoms with van der Waals surface area (Å²) in [5.74, 6) is 0.807. The first-order valence-electron chi connectivity index (χ1n) is 6.44. The van der Waals surface area contributed by atoms with Gasteiger partial charge in [-0.15, -0.1) is 11.3 Å². The second-order valence-corrected chi connectivity index (χ2v) is 5.63. The van der Waals surface area contributed by atoms with Crippen molar-refractivity contribution in [3.8, 4) is 5.75 Å². The van der Waals surface area contributed by atoms with Gasteiger partial charge in [0.15, 0.2) is 0 Å². The van der Waals surface area contributed by atoms with Gasteiger partial charge in [0.25, 0.3) is 0 Å². The van der Waals surface area contributed by atoms with E-state index in [0.29, 0.717) is 11.6 Å². The molecule has 2 rings (SSSR count). The Morgan fingerprint density at radius 1 is 1.26 bits per heavy atom. The molecule has 0 saturated heterocycles. The first-order chi connectivity index (χ1) is 9.31. The summed E-state index contributed by atoms with van der Waals surface area (Å²) in [6.45, 7) is 4.46. The Morgan fingerprint density at radius 3 is 2.89 bits per heavy atom. The fraction of sp³-hybridized carbons (Fsp3) is 0.333. The van der Waals surface area contributed by atoms with Crippen LogP contribution < -0.4 is 10.1 Å². The topological polar surface area (TPSA) is 21.3 Å². The fourth-order valence-corrected chi connectivity index (χ4v) is 2.76. The minimum absolute atomic E-state index is 0.656. The molecule has 0 spiro atoms. The monoisotopic (exact) mass is 295 g/mol. The lowest BCUT2D eigenvalue weighted by atomic mass is 10.2. The first-order valence-corrected chi connectivity index (χ1v) is 7.70. The maximum absolute atomic E-state index is 6.22. The molecule has 0 aliphatic rings. The molecule has 0 atom stereocenters. The summed E-state index contributed by atoms with van der Waals surface area (Å²) in [6.07, 6.45) is 0.920. The molecule has 19 heavy (non-hydrogen) atoms. The Labute approximate surface area is 123 Å². The second-order valence-electron chi connectivity index (χ2n) is 4.19. The summed E-state index contributed by atoms with van der Waals surface area (Å²) in [5.41, 5.74) is 1.11. The molecule has 0 radical (unpaired) electrons. The zero-order valence-corrected chi connectivity index (χ0v) is 12.6. The molecule has 102 valence electrons. The first kappa shape index (κ1) is 14.4. The molecule has 0 fully saturated rings. The summed E-state index contributed by atoms with van der Waals surface area (Å²) in [5, 5.41) is 6.07. The van der Waals surface area contributed by atoms with E-state index in [1.165, 1.54) is 4.88 Å². The van der Waals surface area contributed by atoms with Crippen molar-refractivity contribution in [2.24, 2.45) is 0 Å². The molecule has 1 aromatic carbocycles. The van der Waals surface area contributed by atoms with E-state index in [2.05, 4.69) is 35.8 Å². The van der Waals surface area contributed by atoms with Crippen LogP contribution in [0.25, 0.3) is 0 Å². The largest absolute Gasteiger partial charge is 0.491 e. The van der Waals surface area contributed by atoms with Crippen molar-refractivity contribution >= 4 is 22.9 Å². The number of thiophene rings is 1. The molecule has 0 amide bonds. The molecule has 0 aliphatic carbocycles. The van der Waals surface area contributed by atoms with Crippen LogP contribution in [0.4, 0.5) is 0 Å². The molecule has 0 saturated carbocycles. The van der Waals surface area contributed by atoms with E-state index in [0.717, 1.165) is 30.8 Å². The van der Waals surface area contributed by atoms with Gasteiger partial charge in [0.05, 0.1) is 11.6 Å². The molecule has 2 nitrogen and oxygen atoms in total. The molecule has 2 aromatic rings. The Hall–Kier alpha value is -1.03. The maximum atomic E-state index is 6.22. The Kier molecular flexibility index (Phi) is 5.70. The lowest BCUT2D eigenvalue weighted by Crippen LogP contribution is -2.13. The molecule has 0 aliphatic heterocycles. The van der Waals surface area contributed by atoms with Gasteiger partial charge in [-0.2, -0.15) is 0 Å². The number of rotatable bonds is 7. The predicted octanol–water partition coefficient (Wildman–Crippen LogP) is 4.13. The molecule has 1 heterocycles. The molecule has 0 bridgehead atoms. The van der Waals surface area contributed by atoms with Crippen molar-refractivity contribution in [3.05, 3.63) is 51.2 Å². The third-order valence-electron chi connectivity index (χ3n) is 2.79. The van der Waals surface area contributed by atoms with Gasteiger partial charge in [-0.1, -0.05) is 36.7 Å². The summed E-state index contributed by atoms with van der Waals surface area (Å²) < 4.78 is 5.87. The van der Waals surface area contributed by atoms with Crippen LogP contribution in [0.3, 0.4) is 0 Å². The van der Waals surface area contributed by atoms with Crippen molar-refractivity contribution in [2.75, 3.05) is 13.2 Å². The van der Waals surface area contributed by atoms with Gasteiger partial charge in [-0.25, -0.2) is 0 Å². The summed E-state index contributed by atoms with van der Waals surface area (Å²) in [4.78, 5) is 1.33. The van der Waals surface area contributed by atoms with E-state index in [9.17, 15) is 0 Å². The molecule has 4 heteroatoms. The lowest BCUT2D eigenvalue weighted by Gasteiger charge is -2.13. The van der Waals surface area contributed by atoms with Gasteiger partial charge in [0.1, 0.15) is 5.75 Å². The Balaban J connectivity index is 1.97. The highest BCUT2D eigenvalue weighted by molar-refractivity contribution is 7.09. The van der Waals surface area contributed by atoms with Crippen LogP contribution >= 0.6 is 22.9 Å². The van der Waals surface area contributed by atoms with Gasteiger partial charge >= 0.3 is 0 Å². The summed E-state index contributed by atoms with van der Waals surface area (Å²) in [7, 11) is 0. The van der Waals surface area contributed by atoms with E-state index >= 15 is 0 Å². The van der Waals surface area contributed by atoms with Gasteiger partial charge in [0.2, 0.25) is 0 Å². The summed E-state index contributed by atoms with van der Waals surface area (Å²) >= 11 is 7.97. The number of ether oxygens (including phenoxy) is 1. The smallest absolute Gasteiger partial charge is 0.142 e. The highest BCUT2D eigenvalue weighted by Crippen LogP contribution is 2.28. The van der Waals surface area contributed by atoms with Crippen molar-refractivity contribution < 1.29 is 4.74 Å². The predicted molar refractivity (Wildman–Crippen MR) is 82.4 cm³/mol. The Morgan fingerprint density at radius 2 is 2.16 bits per heavy atom. The average molecular weight is 296 g/mol. The van der Waals surface area contributed by atoms with E-state index in [-0.39, 0.29) is 0 Å². The highest BCUT2D eigenvalue weighted by atomic mass is 35.5. The van der Waals surface area contributed by atoms with Crippen LogP contribution in [-0.4, -0.2) is 13.2 Å². The molecule has 1 aromatic heterocycles. The van der Waals surface area contributed by atoms with Crippen LogP contribution in [0.5, 0.6) is 5.75 Å². The van der Waals surface area contributed by atoms with E-state index in [1.54, 1.807) is 11.3 Å². The quantitative estimate of drug-likeness (QED) is 0.829. The average Bonchev–Trinajstić information content (AvgIpc) is 2.92. The standard InChI is InChI=1S/C15H18ClNOS/c1-2-17-11-12-5-3-7-14(16)15(12)18-9-8-13-6-4-10-19-13/h3-7,10,17H,2,8-9,11H2,1H3. The lowest BCUT2D eigenvalue weighted by molar-refractivity contribution is 0.319. The van der Waals surface area contributed by atoms with Gasteiger partial charge < -0.3 is 10.1 Å². The van der Waals surface area contributed by atoms with Crippen molar-refractivity contribution in [1.29, 1.82) is 0 Å². The minimum Gasteiger partial charge on any atom is -0.491 e. The van der Waals surface area contributed by atoms with E-state index < -0.39 is 0 Å². The number of hydrogen-bond acceptors (Lipinski definition) is 3. The summed E-state index contributed by atoms with van der Waals surface area (Å²) in [6, 6.07) is 10.1. The van der Waals surface area contributed by atoms with Gasteiger partial charge in [-0.05, 0) is 24.1 Å². The van der Waals surface area contributed by atoms with Crippen LogP contribution in [0.15, 0.2) is 35.7 Å². The van der Waals surface area contributed by atoms with Crippen LogP contribution in [0, 0.1) is 0 Å². The second kappa shape index (κ2) is 7.53. The molecular weight excluding hydrogens is 278 g/mol. The maximum Gasteiger partial charge on any atom is 0.142 e. The number of nitrogens with one attached hydrogen (secondary N) is 1. The third kappa shape index (κ3) is 4.23. The minimum atomic E-state index is 0.656. The normalized spacial score (nSPS) is 10.6. The molecule has 1 N–H and O–H groups in total. The number of para-hydroxylation sites is 1. The van der Waals surface area contributed by atoms with Crippen LogP contribution in [-0.2, 0) is 13.0 Å². The van der Waals surface area contributed by atoms with Gasteiger partial charge in [0, 0.05) is 23.4 Å². The SMILES string of the molecule is CCNCc1cccc(Cl)c1OCCc1cccs1. The van der Waals surface area contributed by atoms with E-state index in [4.69, 9.17) is 16.3 Å². The molecular formula is C15H18ClNOS. The highest BCUT2D eigenvalue weighted by Gasteiger charge is 2.08. The number of hydrogen-bond donors (Lipinski definition) is 1. The fourth-order valence-electron chi connectivity index (χ4n) is 1.82. The third-order valence-corrected chi connectivity index (χ3v) is 4.02. The molecule has 0 unspecified atom stereocenters.